The summed E-state index contributed by atoms with van der Waals surface area (Å²) >= 11 is 5.98. The van der Waals surface area contributed by atoms with E-state index < -0.39 is 0 Å². The van der Waals surface area contributed by atoms with Gasteiger partial charge in [-0.1, -0.05) is 11.6 Å². The van der Waals surface area contributed by atoms with E-state index in [-0.39, 0.29) is 5.91 Å². The van der Waals surface area contributed by atoms with Crippen molar-refractivity contribution < 1.29 is 4.79 Å². The summed E-state index contributed by atoms with van der Waals surface area (Å²) in [5.74, 6) is 0.186. The van der Waals surface area contributed by atoms with Gasteiger partial charge in [-0.05, 0) is 31.3 Å². The van der Waals surface area contributed by atoms with Gasteiger partial charge in [0.1, 0.15) is 6.54 Å². The largest absolute Gasteiger partial charge is 0.339 e. The SMILES string of the molecule is CN1CCN(C(=O)Cn2ccc3cc(Cl)ccc32)CC1. The first-order valence-corrected chi connectivity index (χ1v) is 7.22. The molecule has 2 aromatic rings. The molecule has 0 saturated carbocycles. The van der Waals surface area contributed by atoms with E-state index >= 15 is 0 Å². The minimum Gasteiger partial charge on any atom is -0.339 e. The van der Waals surface area contributed by atoms with E-state index in [9.17, 15) is 4.79 Å². The Morgan fingerprint density at radius 3 is 2.70 bits per heavy atom. The maximum atomic E-state index is 12.3. The molecule has 106 valence electrons. The van der Waals surface area contributed by atoms with Crippen LogP contribution in [-0.2, 0) is 11.3 Å². The third kappa shape index (κ3) is 2.67. The number of likely N-dealkylation sites (N-methyl/N-ethyl adjacent to an activating group) is 1. The van der Waals surface area contributed by atoms with Crippen LogP contribution >= 0.6 is 11.6 Å². The van der Waals surface area contributed by atoms with Crippen LogP contribution in [0.25, 0.3) is 10.9 Å². The van der Waals surface area contributed by atoms with Crippen LogP contribution in [0.3, 0.4) is 0 Å². The minimum atomic E-state index is 0.186. The predicted octanol–water partition coefficient (Wildman–Crippen LogP) is 2.07. The van der Waals surface area contributed by atoms with Gasteiger partial charge in [0.2, 0.25) is 5.91 Å². The number of benzene rings is 1. The van der Waals surface area contributed by atoms with Crippen LogP contribution in [0.1, 0.15) is 0 Å². The second-order valence-corrected chi connectivity index (χ2v) is 5.77. The van der Waals surface area contributed by atoms with Crippen LogP contribution in [0.5, 0.6) is 0 Å². The number of hydrogen-bond donors (Lipinski definition) is 0. The van der Waals surface area contributed by atoms with E-state index in [2.05, 4.69) is 11.9 Å². The average Bonchev–Trinajstić information content (AvgIpc) is 2.81. The number of halogens is 1. The summed E-state index contributed by atoms with van der Waals surface area (Å²) < 4.78 is 1.99. The highest BCUT2D eigenvalue weighted by Crippen LogP contribution is 2.20. The Morgan fingerprint density at radius 1 is 1.20 bits per heavy atom. The number of piperazine rings is 1. The molecule has 2 heterocycles. The second-order valence-electron chi connectivity index (χ2n) is 5.33. The molecule has 1 amide bonds. The summed E-state index contributed by atoms with van der Waals surface area (Å²) in [4.78, 5) is 16.5. The number of aromatic nitrogens is 1. The number of amides is 1. The Kier molecular flexibility index (Phi) is 3.68. The number of fused-ring (bicyclic) bond motifs is 1. The number of nitrogens with zero attached hydrogens (tertiary/aromatic N) is 3. The fourth-order valence-corrected chi connectivity index (χ4v) is 2.79. The Bertz CT molecular complexity index is 629. The van der Waals surface area contributed by atoms with E-state index in [1.165, 1.54) is 0 Å². The van der Waals surface area contributed by atoms with E-state index in [0.29, 0.717) is 6.54 Å². The minimum absolute atomic E-state index is 0.186. The van der Waals surface area contributed by atoms with Crippen LogP contribution < -0.4 is 0 Å². The maximum Gasteiger partial charge on any atom is 0.242 e. The molecule has 0 N–H and O–H groups in total. The molecule has 5 heteroatoms. The molecule has 0 bridgehead atoms. The molecule has 0 atom stereocenters. The predicted molar refractivity (Wildman–Crippen MR) is 81.0 cm³/mol. The third-order valence-electron chi connectivity index (χ3n) is 3.89. The van der Waals surface area contributed by atoms with Crippen molar-refractivity contribution in [2.24, 2.45) is 0 Å². The Hall–Kier alpha value is -1.52. The van der Waals surface area contributed by atoms with Gasteiger partial charge < -0.3 is 14.4 Å². The first-order chi connectivity index (χ1) is 9.63. The molecule has 1 aliphatic rings. The number of hydrogen-bond acceptors (Lipinski definition) is 2. The molecule has 1 aromatic heterocycles. The number of rotatable bonds is 2. The summed E-state index contributed by atoms with van der Waals surface area (Å²) in [5, 5.41) is 1.80. The fraction of sp³-hybridized carbons (Fsp3) is 0.400. The van der Waals surface area contributed by atoms with Crippen LogP contribution in [0.15, 0.2) is 30.5 Å². The van der Waals surface area contributed by atoms with Crippen molar-refractivity contribution in [2.45, 2.75) is 6.54 Å². The van der Waals surface area contributed by atoms with Crippen molar-refractivity contribution in [1.29, 1.82) is 0 Å². The normalized spacial score (nSPS) is 16.8. The summed E-state index contributed by atoms with van der Waals surface area (Å²) in [5.41, 5.74) is 1.05. The van der Waals surface area contributed by atoms with Gasteiger partial charge in [-0.25, -0.2) is 0 Å². The lowest BCUT2D eigenvalue weighted by atomic mass is 10.2. The highest BCUT2D eigenvalue weighted by Gasteiger charge is 2.19. The van der Waals surface area contributed by atoms with E-state index in [1.54, 1.807) is 0 Å². The first-order valence-electron chi connectivity index (χ1n) is 6.84. The van der Waals surface area contributed by atoms with Crippen molar-refractivity contribution in [2.75, 3.05) is 33.2 Å². The van der Waals surface area contributed by atoms with Crippen molar-refractivity contribution in [3.8, 4) is 0 Å². The first kappa shape index (κ1) is 13.5. The van der Waals surface area contributed by atoms with E-state index in [4.69, 9.17) is 11.6 Å². The molecule has 0 unspecified atom stereocenters. The van der Waals surface area contributed by atoms with Crippen molar-refractivity contribution in [3.63, 3.8) is 0 Å². The van der Waals surface area contributed by atoms with Crippen molar-refractivity contribution in [3.05, 3.63) is 35.5 Å². The lowest BCUT2D eigenvalue weighted by Gasteiger charge is -2.32. The zero-order chi connectivity index (χ0) is 14.1. The molecule has 0 aliphatic carbocycles. The van der Waals surface area contributed by atoms with E-state index in [1.807, 2.05) is 39.9 Å². The Balaban J connectivity index is 1.74. The highest BCUT2D eigenvalue weighted by atomic mass is 35.5. The summed E-state index contributed by atoms with van der Waals surface area (Å²) in [6.07, 6.45) is 1.95. The molecule has 1 fully saturated rings. The van der Waals surface area contributed by atoms with Gasteiger partial charge in [-0.15, -0.1) is 0 Å². The smallest absolute Gasteiger partial charge is 0.242 e. The van der Waals surface area contributed by atoms with Gasteiger partial charge in [-0.2, -0.15) is 0 Å². The summed E-state index contributed by atoms with van der Waals surface area (Å²) in [7, 11) is 2.09. The molecule has 1 saturated heterocycles. The quantitative estimate of drug-likeness (QED) is 0.847. The van der Waals surface area contributed by atoms with Crippen molar-refractivity contribution >= 4 is 28.4 Å². The second kappa shape index (κ2) is 5.46. The molecule has 1 aliphatic heterocycles. The maximum absolute atomic E-state index is 12.3. The summed E-state index contributed by atoms with van der Waals surface area (Å²) in [6, 6.07) is 7.75. The number of carbonyl (C=O) groups is 1. The average molecular weight is 292 g/mol. The van der Waals surface area contributed by atoms with Crippen LogP contribution in [0.2, 0.25) is 5.02 Å². The zero-order valence-corrected chi connectivity index (χ0v) is 12.3. The molecule has 3 rings (SSSR count). The molecule has 1 aromatic carbocycles. The molecule has 4 nitrogen and oxygen atoms in total. The fourth-order valence-electron chi connectivity index (χ4n) is 2.61. The molecule has 20 heavy (non-hydrogen) atoms. The lowest BCUT2D eigenvalue weighted by Crippen LogP contribution is -2.48. The topological polar surface area (TPSA) is 28.5 Å². The number of carbonyl (C=O) groups excluding carboxylic acids is 1. The standard InChI is InChI=1S/C15H18ClN3O/c1-17-6-8-18(9-7-17)15(20)11-19-5-4-12-10-13(16)2-3-14(12)19/h2-5,10H,6-9,11H2,1H3. The van der Waals surface area contributed by atoms with Gasteiger partial charge >= 0.3 is 0 Å². The summed E-state index contributed by atoms with van der Waals surface area (Å²) in [6.45, 7) is 3.94. The van der Waals surface area contributed by atoms with Gasteiger partial charge in [-0.3, -0.25) is 4.79 Å². The third-order valence-corrected chi connectivity index (χ3v) is 4.13. The van der Waals surface area contributed by atoms with Crippen LogP contribution in [0, 0.1) is 0 Å². The monoisotopic (exact) mass is 291 g/mol. The molecular weight excluding hydrogens is 274 g/mol. The van der Waals surface area contributed by atoms with Gasteiger partial charge in [0.15, 0.2) is 0 Å². The van der Waals surface area contributed by atoms with Crippen LogP contribution in [0.4, 0.5) is 0 Å². The molecule has 0 radical (unpaired) electrons. The van der Waals surface area contributed by atoms with Crippen molar-refractivity contribution in [1.82, 2.24) is 14.4 Å². The van der Waals surface area contributed by atoms with Gasteiger partial charge in [0.25, 0.3) is 0 Å². The van der Waals surface area contributed by atoms with E-state index in [0.717, 1.165) is 42.1 Å². The van der Waals surface area contributed by atoms with Crippen LogP contribution in [-0.4, -0.2) is 53.5 Å². The molecular formula is C15H18ClN3O. The Morgan fingerprint density at radius 2 is 1.95 bits per heavy atom. The Labute approximate surface area is 123 Å². The van der Waals surface area contributed by atoms with Gasteiger partial charge in [0.05, 0.1) is 0 Å². The van der Waals surface area contributed by atoms with Gasteiger partial charge in [0, 0.05) is 48.3 Å². The zero-order valence-electron chi connectivity index (χ0n) is 11.6. The highest BCUT2D eigenvalue weighted by molar-refractivity contribution is 6.31. The lowest BCUT2D eigenvalue weighted by molar-refractivity contribution is -0.133. The molecule has 0 spiro atoms.